The SMILES string of the molecule is COc1cccc(-c2noc(C3CC(=O)N(Cc4ccc(SC)cc4)C3)n2)c1. The molecule has 2 aromatic carbocycles. The first-order valence-corrected chi connectivity index (χ1v) is 10.3. The summed E-state index contributed by atoms with van der Waals surface area (Å²) in [6, 6.07) is 15.8. The van der Waals surface area contributed by atoms with E-state index in [0.29, 0.717) is 31.2 Å². The maximum absolute atomic E-state index is 12.5. The van der Waals surface area contributed by atoms with Gasteiger partial charge in [0.05, 0.1) is 13.0 Å². The molecular weight excluding hydrogens is 374 g/mol. The number of aromatic nitrogens is 2. The van der Waals surface area contributed by atoms with E-state index in [9.17, 15) is 4.79 Å². The average molecular weight is 395 g/mol. The number of amides is 1. The van der Waals surface area contributed by atoms with Gasteiger partial charge in [0, 0.05) is 30.0 Å². The zero-order chi connectivity index (χ0) is 19.5. The monoisotopic (exact) mass is 395 g/mol. The van der Waals surface area contributed by atoms with Crippen LogP contribution in [0.2, 0.25) is 0 Å². The van der Waals surface area contributed by atoms with Crippen molar-refractivity contribution in [3.05, 3.63) is 60.0 Å². The number of ether oxygens (including phenoxy) is 1. The van der Waals surface area contributed by atoms with Gasteiger partial charge in [0.1, 0.15) is 5.75 Å². The molecule has 0 saturated carbocycles. The molecule has 0 bridgehead atoms. The summed E-state index contributed by atoms with van der Waals surface area (Å²) in [7, 11) is 1.62. The molecule has 1 atom stereocenters. The van der Waals surface area contributed by atoms with Crippen LogP contribution in [0.15, 0.2) is 57.9 Å². The normalized spacial score (nSPS) is 16.6. The van der Waals surface area contributed by atoms with E-state index in [-0.39, 0.29) is 11.8 Å². The number of hydrogen-bond donors (Lipinski definition) is 0. The largest absolute Gasteiger partial charge is 0.497 e. The fourth-order valence-corrected chi connectivity index (χ4v) is 3.73. The van der Waals surface area contributed by atoms with Crippen LogP contribution in [0.1, 0.15) is 23.8 Å². The number of carbonyl (C=O) groups is 1. The van der Waals surface area contributed by atoms with Gasteiger partial charge in [-0.2, -0.15) is 4.98 Å². The molecular formula is C21H21N3O3S. The fraction of sp³-hybridized carbons (Fsp3) is 0.286. The minimum Gasteiger partial charge on any atom is -0.497 e. The number of benzene rings is 2. The summed E-state index contributed by atoms with van der Waals surface area (Å²) in [6.45, 7) is 1.18. The Morgan fingerprint density at radius 3 is 2.82 bits per heavy atom. The molecule has 0 N–H and O–H groups in total. The van der Waals surface area contributed by atoms with E-state index in [1.807, 2.05) is 35.4 Å². The molecule has 1 fully saturated rings. The summed E-state index contributed by atoms with van der Waals surface area (Å²) < 4.78 is 10.7. The van der Waals surface area contributed by atoms with E-state index in [1.165, 1.54) is 4.90 Å². The van der Waals surface area contributed by atoms with Gasteiger partial charge in [0.25, 0.3) is 0 Å². The van der Waals surface area contributed by atoms with E-state index in [1.54, 1.807) is 18.9 Å². The summed E-state index contributed by atoms with van der Waals surface area (Å²) >= 11 is 1.71. The highest BCUT2D eigenvalue weighted by atomic mass is 32.2. The zero-order valence-electron chi connectivity index (χ0n) is 15.8. The van der Waals surface area contributed by atoms with Gasteiger partial charge in [-0.15, -0.1) is 11.8 Å². The van der Waals surface area contributed by atoms with Crippen LogP contribution in [-0.2, 0) is 11.3 Å². The topological polar surface area (TPSA) is 68.5 Å². The molecule has 4 rings (SSSR count). The lowest BCUT2D eigenvalue weighted by atomic mass is 10.1. The number of carbonyl (C=O) groups excluding carboxylic acids is 1. The predicted octanol–water partition coefficient (Wildman–Crippen LogP) is 3.98. The predicted molar refractivity (Wildman–Crippen MR) is 107 cm³/mol. The van der Waals surface area contributed by atoms with Gasteiger partial charge in [0.15, 0.2) is 0 Å². The number of likely N-dealkylation sites (tertiary alicyclic amines) is 1. The lowest BCUT2D eigenvalue weighted by Gasteiger charge is -2.16. The summed E-state index contributed by atoms with van der Waals surface area (Å²) in [6.07, 6.45) is 2.44. The van der Waals surface area contributed by atoms with Crippen molar-refractivity contribution in [3.63, 3.8) is 0 Å². The van der Waals surface area contributed by atoms with Gasteiger partial charge < -0.3 is 14.2 Å². The third-order valence-electron chi connectivity index (χ3n) is 4.87. The van der Waals surface area contributed by atoms with Crippen LogP contribution < -0.4 is 4.74 Å². The summed E-state index contributed by atoms with van der Waals surface area (Å²) in [5, 5.41) is 4.09. The van der Waals surface area contributed by atoms with Crippen molar-refractivity contribution in [3.8, 4) is 17.1 Å². The van der Waals surface area contributed by atoms with Crippen molar-refractivity contribution in [2.45, 2.75) is 23.8 Å². The fourth-order valence-electron chi connectivity index (χ4n) is 3.32. The number of hydrogen-bond acceptors (Lipinski definition) is 6. The van der Waals surface area contributed by atoms with E-state index in [2.05, 4.69) is 34.4 Å². The molecule has 1 aromatic heterocycles. The van der Waals surface area contributed by atoms with E-state index in [0.717, 1.165) is 16.9 Å². The average Bonchev–Trinajstić information content (AvgIpc) is 3.36. The van der Waals surface area contributed by atoms with E-state index >= 15 is 0 Å². The number of nitrogens with zero attached hydrogens (tertiary/aromatic N) is 3. The maximum atomic E-state index is 12.5. The molecule has 1 aliphatic heterocycles. The molecule has 1 amide bonds. The van der Waals surface area contributed by atoms with Gasteiger partial charge in [-0.1, -0.05) is 29.4 Å². The van der Waals surface area contributed by atoms with Crippen molar-refractivity contribution >= 4 is 17.7 Å². The first kappa shape index (κ1) is 18.6. The second-order valence-corrected chi connectivity index (χ2v) is 7.59. The van der Waals surface area contributed by atoms with Crippen LogP contribution in [0, 0.1) is 0 Å². The molecule has 0 aliphatic carbocycles. The second-order valence-electron chi connectivity index (χ2n) is 6.71. The molecule has 1 unspecified atom stereocenters. The van der Waals surface area contributed by atoms with E-state index < -0.39 is 0 Å². The lowest BCUT2D eigenvalue weighted by molar-refractivity contribution is -0.128. The molecule has 6 nitrogen and oxygen atoms in total. The van der Waals surface area contributed by atoms with Gasteiger partial charge in [0.2, 0.25) is 17.6 Å². The van der Waals surface area contributed by atoms with Gasteiger partial charge in [-0.3, -0.25) is 4.79 Å². The van der Waals surface area contributed by atoms with Crippen molar-refractivity contribution in [2.24, 2.45) is 0 Å². The Kier molecular flexibility index (Phi) is 5.34. The first-order chi connectivity index (χ1) is 13.7. The van der Waals surface area contributed by atoms with Crippen molar-refractivity contribution in [1.82, 2.24) is 15.0 Å². The van der Waals surface area contributed by atoms with Gasteiger partial charge in [-0.05, 0) is 36.1 Å². The molecule has 1 aliphatic rings. The van der Waals surface area contributed by atoms with Crippen LogP contribution in [0.5, 0.6) is 5.75 Å². The molecule has 0 spiro atoms. The van der Waals surface area contributed by atoms with Crippen LogP contribution in [0.4, 0.5) is 0 Å². The Bertz CT molecular complexity index is 971. The van der Waals surface area contributed by atoms with Crippen molar-refractivity contribution < 1.29 is 14.1 Å². The van der Waals surface area contributed by atoms with Gasteiger partial charge >= 0.3 is 0 Å². The quantitative estimate of drug-likeness (QED) is 0.588. The minimum atomic E-state index is -0.0789. The highest BCUT2D eigenvalue weighted by Crippen LogP contribution is 2.30. The van der Waals surface area contributed by atoms with Crippen LogP contribution >= 0.6 is 11.8 Å². The first-order valence-electron chi connectivity index (χ1n) is 9.05. The summed E-state index contributed by atoms with van der Waals surface area (Å²) in [4.78, 5) is 20.1. The number of methoxy groups -OCH3 is 1. The highest BCUT2D eigenvalue weighted by Gasteiger charge is 2.34. The number of rotatable bonds is 6. The molecule has 144 valence electrons. The van der Waals surface area contributed by atoms with Crippen LogP contribution in [-0.4, -0.2) is 40.9 Å². The molecule has 2 heterocycles. The van der Waals surface area contributed by atoms with E-state index in [4.69, 9.17) is 9.26 Å². The zero-order valence-corrected chi connectivity index (χ0v) is 16.6. The molecule has 3 aromatic rings. The lowest BCUT2D eigenvalue weighted by Crippen LogP contribution is -2.24. The molecule has 28 heavy (non-hydrogen) atoms. The Labute approximate surface area is 167 Å². The highest BCUT2D eigenvalue weighted by molar-refractivity contribution is 7.98. The summed E-state index contributed by atoms with van der Waals surface area (Å²) in [5.41, 5.74) is 1.94. The molecule has 7 heteroatoms. The van der Waals surface area contributed by atoms with Crippen molar-refractivity contribution in [2.75, 3.05) is 19.9 Å². The summed E-state index contributed by atoms with van der Waals surface area (Å²) in [5.74, 6) is 1.78. The van der Waals surface area contributed by atoms with Crippen molar-refractivity contribution in [1.29, 1.82) is 0 Å². The Hall–Kier alpha value is -2.80. The third kappa shape index (κ3) is 3.89. The van der Waals surface area contributed by atoms with Crippen LogP contribution in [0.25, 0.3) is 11.4 Å². The Morgan fingerprint density at radius 1 is 1.25 bits per heavy atom. The van der Waals surface area contributed by atoms with Gasteiger partial charge in [-0.25, -0.2) is 0 Å². The Balaban J connectivity index is 1.45. The Morgan fingerprint density at radius 2 is 2.07 bits per heavy atom. The van der Waals surface area contributed by atoms with Crippen LogP contribution in [0.3, 0.4) is 0 Å². The maximum Gasteiger partial charge on any atom is 0.232 e. The third-order valence-corrected chi connectivity index (χ3v) is 5.61. The molecule has 1 saturated heterocycles. The number of thioether (sulfide) groups is 1. The standard InChI is InChI=1S/C21H21N3O3S/c1-26-17-5-3-4-15(10-17)20-22-21(27-23-20)16-11-19(25)24(13-16)12-14-6-8-18(28-2)9-7-14/h3-10,16H,11-13H2,1-2H3. The molecule has 0 radical (unpaired) electrons. The second kappa shape index (κ2) is 8.06. The smallest absolute Gasteiger partial charge is 0.232 e. The minimum absolute atomic E-state index is 0.0789.